The smallest absolute Gasteiger partial charge is 0.435 e. The first-order chi connectivity index (χ1) is 8.82. The van der Waals surface area contributed by atoms with Crippen LogP contribution in [-0.2, 0) is 16.7 Å². The number of thioether (sulfide) groups is 1. The van der Waals surface area contributed by atoms with E-state index in [1.54, 1.807) is 0 Å². The van der Waals surface area contributed by atoms with Gasteiger partial charge in [0.15, 0.2) is 5.69 Å². The van der Waals surface area contributed by atoms with Crippen LogP contribution in [0.1, 0.15) is 11.4 Å². The molecule has 6 nitrogen and oxygen atoms in total. The van der Waals surface area contributed by atoms with Gasteiger partial charge in [-0.2, -0.15) is 24.9 Å². The molecule has 0 spiro atoms. The molecule has 0 aromatic carbocycles. The zero-order valence-electron chi connectivity index (χ0n) is 9.57. The van der Waals surface area contributed by atoms with Crippen LogP contribution in [0.5, 0.6) is 0 Å². The average molecular weight is 296 g/mol. The highest BCUT2D eigenvalue weighted by Crippen LogP contribution is 2.31. The molecule has 1 rings (SSSR count). The standard InChI is InChI=1S/C9H11F3N4O2S/c10-9(11,12)6-5(15-4-16-6)3-19-2-1-14-7(13)8(17)18/h4H,1-3H2,(H2,13,14)(H,15,16)(H,17,18). The Morgan fingerprint density at radius 1 is 1.58 bits per heavy atom. The highest BCUT2D eigenvalue weighted by molar-refractivity contribution is 7.98. The van der Waals surface area contributed by atoms with Crippen LogP contribution < -0.4 is 5.73 Å². The van der Waals surface area contributed by atoms with Crippen molar-refractivity contribution in [2.45, 2.75) is 11.9 Å². The molecule has 0 radical (unpaired) electrons. The van der Waals surface area contributed by atoms with Gasteiger partial charge < -0.3 is 15.8 Å². The van der Waals surface area contributed by atoms with Crippen molar-refractivity contribution >= 4 is 23.6 Å². The number of carbonyl (C=O) groups is 1. The predicted octanol–water partition coefficient (Wildman–Crippen LogP) is 1.10. The SMILES string of the molecule is NC(=NCCSCc1[nH]cnc1C(F)(F)F)C(=O)O. The Hall–Kier alpha value is -1.71. The lowest BCUT2D eigenvalue weighted by Gasteiger charge is -2.05. The lowest BCUT2D eigenvalue weighted by atomic mass is 10.3. The van der Waals surface area contributed by atoms with Crippen LogP contribution in [0.2, 0.25) is 0 Å². The molecule has 4 N–H and O–H groups in total. The van der Waals surface area contributed by atoms with Gasteiger partial charge in [-0.25, -0.2) is 9.78 Å². The minimum atomic E-state index is -4.48. The van der Waals surface area contributed by atoms with E-state index >= 15 is 0 Å². The van der Waals surface area contributed by atoms with Crippen LogP contribution in [0.3, 0.4) is 0 Å². The number of hydrogen-bond acceptors (Lipinski definition) is 4. The van der Waals surface area contributed by atoms with Crippen LogP contribution in [0.15, 0.2) is 11.3 Å². The monoisotopic (exact) mass is 296 g/mol. The maximum Gasteiger partial charge on any atom is 0.435 e. The summed E-state index contributed by atoms with van der Waals surface area (Å²) in [6, 6.07) is 0. The Morgan fingerprint density at radius 2 is 2.26 bits per heavy atom. The van der Waals surface area contributed by atoms with Crippen molar-refractivity contribution in [3.8, 4) is 0 Å². The van der Waals surface area contributed by atoms with Crippen molar-refractivity contribution in [2.75, 3.05) is 12.3 Å². The summed E-state index contributed by atoms with van der Waals surface area (Å²) in [5.41, 5.74) is 4.09. The summed E-state index contributed by atoms with van der Waals surface area (Å²) in [5.74, 6) is -1.40. The van der Waals surface area contributed by atoms with Gasteiger partial charge in [-0.15, -0.1) is 0 Å². The molecule has 106 valence electrons. The third kappa shape index (κ3) is 4.81. The number of aliphatic carboxylic acids is 1. The molecular weight excluding hydrogens is 285 g/mol. The van der Waals surface area contributed by atoms with Crippen LogP contribution in [0.25, 0.3) is 0 Å². The van der Waals surface area contributed by atoms with Crippen LogP contribution in [0, 0.1) is 0 Å². The number of alkyl halides is 3. The molecule has 0 aliphatic rings. The maximum absolute atomic E-state index is 12.5. The van der Waals surface area contributed by atoms with E-state index in [0.29, 0.717) is 5.75 Å². The Kier molecular flexibility index (Phi) is 5.21. The molecule has 10 heteroatoms. The molecule has 1 heterocycles. The van der Waals surface area contributed by atoms with E-state index in [2.05, 4.69) is 15.0 Å². The van der Waals surface area contributed by atoms with E-state index in [4.69, 9.17) is 10.8 Å². The number of H-pyrrole nitrogens is 1. The molecule has 0 bridgehead atoms. The summed E-state index contributed by atoms with van der Waals surface area (Å²) < 4.78 is 37.4. The largest absolute Gasteiger partial charge is 0.475 e. The summed E-state index contributed by atoms with van der Waals surface area (Å²) in [4.78, 5) is 19.5. The minimum absolute atomic E-state index is 0.0207. The Labute approximate surface area is 110 Å². The van der Waals surface area contributed by atoms with Gasteiger partial charge in [-0.1, -0.05) is 0 Å². The minimum Gasteiger partial charge on any atom is -0.475 e. The number of nitrogens with zero attached hydrogens (tertiary/aromatic N) is 2. The van der Waals surface area contributed by atoms with Crippen molar-refractivity contribution in [1.82, 2.24) is 9.97 Å². The van der Waals surface area contributed by atoms with Crippen molar-refractivity contribution in [3.05, 3.63) is 17.7 Å². The molecule has 0 aliphatic heterocycles. The molecule has 1 aromatic rings. The second kappa shape index (κ2) is 6.45. The fraction of sp³-hybridized carbons (Fsp3) is 0.444. The molecule has 0 amide bonds. The number of hydrogen-bond donors (Lipinski definition) is 3. The van der Waals surface area contributed by atoms with Crippen LogP contribution in [-0.4, -0.2) is 39.2 Å². The number of imidazole rings is 1. The van der Waals surface area contributed by atoms with Gasteiger partial charge in [-0.3, -0.25) is 4.99 Å². The normalized spacial score (nSPS) is 12.7. The summed E-state index contributed by atoms with van der Waals surface area (Å²) in [7, 11) is 0. The van der Waals surface area contributed by atoms with E-state index in [-0.39, 0.29) is 18.0 Å². The van der Waals surface area contributed by atoms with Gasteiger partial charge in [0.25, 0.3) is 0 Å². The number of carboxylic acid groups (broad SMARTS) is 1. The summed E-state index contributed by atoms with van der Waals surface area (Å²) in [5, 5.41) is 8.41. The van der Waals surface area contributed by atoms with Gasteiger partial charge in [0, 0.05) is 11.5 Å². The second-order valence-corrected chi connectivity index (χ2v) is 4.46. The van der Waals surface area contributed by atoms with Crippen molar-refractivity contribution < 1.29 is 23.1 Å². The van der Waals surface area contributed by atoms with Gasteiger partial charge in [-0.05, 0) is 0 Å². The van der Waals surface area contributed by atoms with Crippen molar-refractivity contribution in [2.24, 2.45) is 10.7 Å². The van der Waals surface area contributed by atoms with Crippen molar-refractivity contribution in [1.29, 1.82) is 0 Å². The fourth-order valence-electron chi connectivity index (χ4n) is 1.15. The summed E-state index contributed by atoms with van der Waals surface area (Å²) >= 11 is 1.17. The van der Waals surface area contributed by atoms with E-state index in [9.17, 15) is 18.0 Å². The molecule has 1 aromatic heterocycles. The summed E-state index contributed by atoms with van der Waals surface area (Å²) in [6.45, 7) is 0.123. The van der Waals surface area contributed by atoms with Gasteiger partial charge >= 0.3 is 12.1 Å². The number of rotatable bonds is 5. The molecule has 0 atom stereocenters. The number of carboxylic acids is 1. The maximum atomic E-state index is 12.5. The number of nitrogens with one attached hydrogen (secondary N) is 1. The number of amidine groups is 1. The molecule has 19 heavy (non-hydrogen) atoms. The lowest BCUT2D eigenvalue weighted by Crippen LogP contribution is -2.23. The molecule has 0 aliphatic carbocycles. The molecular formula is C9H11F3N4O2S. The fourth-order valence-corrected chi connectivity index (χ4v) is 1.94. The third-order valence-electron chi connectivity index (χ3n) is 1.97. The van der Waals surface area contributed by atoms with Gasteiger partial charge in [0.05, 0.1) is 18.6 Å². The highest BCUT2D eigenvalue weighted by atomic mass is 32.2. The van der Waals surface area contributed by atoms with Crippen LogP contribution in [0.4, 0.5) is 13.2 Å². The first-order valence-corrected chi connectivity index (χ1v) is 6.18. The van der Waals surface area contributed by atoms with E-state index < -0.39 is 23.7 Å². The van der Waals surface area contributed by atoms with Gasteiger partial charge in [0.2, 0.25) is 5.84 Å². The molecule has 0 fully saturated rings. The number of nitrogens with two attached hydrogens (primary N) is 1. The molecule has 0 saturated heterocycles. The number of aromatic amines is 1. The number of aromatic nitrogens is 2. The zero-order valence-corrected chi connectivity index (χ0v) is 10.4. The quantitative estimate of drug-likeness (QED) is 0.429. The first kappa shape index (κ1) is 15.3. The predicted molar refractivity (Wildman–Crippen MR) is 63.9 cm³/mol. The van der Waals surface area contributed by atoms with Crippen molar-refractivity contribution in [3.63, 3.8) is 0 Å². The number of aliphatic imine (C=N–C) groups is 1. The first-order valence-electron chi connectivity index (χ1n) is 5.02. The van der Waals surface area contributed by atoms with E-state index in [0.717, 1.165) is 6.33 Å². The molecule has 0 unspecified atom stereocenters. The Morgan fingerprint density at radius 3 is 2.84 bits per heavy atom. The zero-order chi connectivity index (χ0) is 14.5. The Bertz CT molecular complexity index is 472. The topological polar surface area (TPSA) is 104 Å². The van der Waals surface area contributed by atoms with Crippen LogP contribution >= 0.6 is 11.8 Å². The second-order valence-electron chi connectivity index (χ2n) is 3.35. The molecule has 0 saturated carbocycles. The highest BCUT2D eigenvalue weighted by Gasteiger charge is 2.35. The lowest BCUT2D eigenvalue weighted by molar-refractivity contribution is -0.141. The number of halogens is 3. The van der Waals surface area contributed by atoms with E-state index in [1.807, 2.05) is 0 Å². The van der Waals surface area contributed by atoms with Gasteiger partial charge in [0.1, 0.15) is 0 Å². The average Bonchev–Trinajstić information content (AvgIpc) is 2.76. The Balaban J connectivity index is 2.41. The third-order valence-corrected chi connectivity index (χ3v) is 2.93. The van der Waals surface area contributed by atoms with E-state index in [1.165, 1.54) is 11.8 Å². The summed E-state index contributed by atoms with van der Waals surface area (Å²) in [6.07, 6.45) is -3.50.